The van der Waals surface area contributed by atoms with Gasteiger partial charge in [-0.05, 0) is 32.1 Å². The van der Waals surface area contributed by atoms with E-state index in [1.807, 2.05) is 13.2 Å². The van der Waals surface area contributed by atoms with Crippen molar-refractivity contribution in [3.05, 3.63) is 22.4 Å². The molecular weight excluding hydrogens is 248 g/mol. The summed E-state index contributed by atoms with van der Waals surface area (Å²) >= 11 is 1.41. The molecule has 1 heterocycles. The van der Waals surface area contributed by atoms with Gasteiger partial charge in [-0.1, -0.05) is 6.92 Å². The molecule has 0 radical (unpaired) electrons. The standard InChI is InChI=1S/C13H16N2O2S/c1-5-10-11(13(16)17-6-2)8(3)9(7-14)12(15-10)18-4/h5-6H2,1-4H3. The lowest BCUT2D eigenvalue weighted by Gasteiger charge is -2.13. The Balaban J connectivity index is 3.50. The first kappa shape index (κ1) is 14.5. The molecule has 1 aromatic rings. The average Bonchev–Trinajstić information content (AvgIpc) is 2.37. The van der Waals surface area contributed by atoms with E-state index in [-0.39, 0.29) is 0 Å². The molecule has 0 atom stereocenters. The van der Waals surface area contributed by atoms with Gasteiger partial charge in [0, 0.05) is 0 Å². The van der Waals surface area contributed by atoms with Crippen LogP contribution in [0.1, 0.15) is 41.0 Å². The Morgan fingerprint density at radius 2 is 2.17 bits per heavy atom. The number of nitriles is 1. The van der Waals surface area contributed by atoms with E-state index in [0.717, 1.165) is 0 Å². The number of aryl methyl sites for hydroxylation is 1. The molecule has 0 amide bonds. The van der Waals surface area contributed by atoms with Crippen molar-refractivity contribution >= 4 is 17.7 Å². The third-order valence-electron chi connectivity index (χ3n) is 2.61. The molecule has 4 nitrogen and oxygen atoms in total. The smallest absolute Gasteiger partial charge is 0.340 e. The molecule has 18 heavy (non-hydrogen) atoms. The molecule has 0 saturated heterocycles. The molecular formula is C13H16N2O2S. The highest BCUT2D eigenvalue weighted by atomic mass is 32.2. The minimum absolute atomic E-state index is 0.313. The molecule has 0 aromatic carbocycles. The van der Waals surface area contributed by atoms with Crippen molar-refractivity contribution in [3.63, 3.8) is 0 Å². The summed E-state index contributed by atoms with van der Waals surface area (Å²) < 4.78 is 5.03. The van der Waals surface area contributed by atoms with Gasteiger partial charge < -0.3 is 4.74 Å². The van der Waals surface area contributed by atoms with Crippen LogP contribution in [-0.2, 0) is 11.2 Å². The van der Waals surface area contributed by atoms with E-state index in [4.69, 9.17) is 4.74 Å². The zero-order valence-electron chi connectivity index (χ0n) is 11.0. The molecule has 96 valence electrons. The fourth-order valence-corrected chi connectivity index (χ4v) is 2.35. The second kappa shape index (κ2) is 6.41. The van der Waals surface area contributed by atoms with Gasteiger partial charge in [-0.3, -0.25) is 0 Å². The second-order valence-corrected chi connectivity index (χ2v) is 4.42. The predicted octanol–water partition coefficient (Wildman–Crippen LogP) is 2.72. The van der Waals surface area contributed by atoms with Crippen LogP contribution in [0.5, 0.6) is 0 Å². The number of esters is 1. The Bertz CT molecular complexity index is 507. The number of pyridine rings is 1. The highest BCUT2D eigenvalue weighted by Gasteiger charge is 2.21. The Kier molecular flexibility index (Phi) is 5.17. The van der Waals surface area contributed by atoms with E-state index in [9.17, 15) is 10.1 Å². The number of carbonyl (C=O) groups is 1. The number of thioether (sulfide) groups is 1. The second-order valence-electron chi connectivity index (χ2n) is 3.63. The first-order valence-electron chi connectivity index (χ1n) is 5.75. The summed E-state index contributed by atoms with van der Waals surface area (Å²) in [5.41, 5.74) is 2.25. The summed E-state index contributed by atoms with van der Waals surface area (Å²) in [6.07, 6.45) is 2.50. The van der Waals surface area contributed by atoms with Crippen LogP contribution in [0.2, 0.25) is 0 Å². The van der Waals surface area contributed by atoms with Crippen molar-refractivity contribution in [2.45, 2.75) is 32.2 Å². The van der Waals surface area contributed by atoms with E-state index in [1.165, 1.54) is 11.8 Å². The van der Waals surface area contributed by atoms with Gasteiger partial charge in [-0.25, -0.2) is 9.78 Å². The molecule has 1 rings (SSSR count). The minimum atomic E-state index is -0.400. The molecule has 0 saturated carbocycles. The average molecular weight is 264 g/mol. The Hall–Kier alpha value is -1.54. The summed E-state index contributed by atoms with van der Waals surface area (Å²) in [5, 5.41) is 9.84. The molecule has 1 aromatic heterocycles. The van der Waals surface area contributed by atoms with E-state index >= 15 is 0 Å². The highest BCUT2D eigenvalue weighted by Crippen LogP contribution is 2.26. The van der Waals surface area contributed by atoms with E-state index in [2.05, 4.69) is 11.1 Å². The van der Waals surface area contributed by atoms with E-state index in [0.29, 0.717) is 40.4 Å². The van der Waals surface area contributed by atoms with Crippen LogP contribution in [0.4, 0.5) is 0 Å². The molecule has 0 aliphatic heterocycles. The number of hydrogen-bond acceptors (Lipinski definition) is 5. The molecule has 0 bridgehead atoms. The van der Waals surface area contributed by atoms with Gasteiger partial charge in [0.1, 0.15) is 11.1 Å². The number of nitrogens with zero attached hydrogens (tertiary/aromatic N) is 2. The lowest BCUT2D eigenvalue weighted by Crippen LogP contribution is -2.13. The van der Waals surface area contributed by atoms with Gasteiger partial charge in [0.15, 0.2) is 0 Å². The Labute approximate surface area is 111 Å². The molecule has 0 unspecified atom stereocenters. The Morgan fingerprint density at radius 1 is 1.50 bits per heavy atom. The van der Waals surface area contributed by atoms with Crippen LogP contribution >= 0.6 is 11.8 Å². The Morgan fingerprint density at radius 3 is 2.61 bits per heavy atom. The maximum Gasteiger partial charge on any atom is 0.340 e. The summed E-state index contributed by atoms with van der Waals surface area (Å²) in [7, 11) is 0. The van der Waals surface area contributed by atoms with Crippen molar-refractivity contribution in [1.82, 2.24) is 4.98 Å². The number of hydrogen-bond donors (Lipinski definition) is 0. The maximum atomic E-state index is 11.9. The van der Waals surface area contributed by atoms with Crippen LogP contribution in [0, 0.1) is 18.3 Å². The van der Waals surface area contributed by atoms with Gasteiger partial charge in [0.05, 0.1) is 23.4 Å². The quantitative estimate of drug-likeness (QED) is 0.618. The monoisotopic (exact) mass is 264 g/mol. The third-order valence-corrected chi connectivity index (χ3v) is 3.29. The summed E-state index contributed by atoms with van der Waals surface area (Å²) in [5.74, 6) is -0.400. The van der Waals surface area contributed by atoms with Gasteiger partial charge in [0.2, 0.25) is 0 Å². The van der Waals surface area contributed by atoms with E-state index in [1.54, 1.807) is 13.8 Å². The van der Waals surface area contributed by atoms with Gasteiger partial charge in [-0.2, -0.15) is 5.26 Å². The van der Waals surface area contributed by atoms with Crippen molar-refractivity contribution in [2.75, 3.05) is 12.9 Å². The van der Waals surface area contributed by atoms with Crippen LogP contribution in [0.25, 0.3) is 0 Å². The lowest BCUT2D eigenvalue weighted by molar-refractivity contribution is 0.0523. The van der Waals surface area contributed by atoms with Crippen LogP contribution < -0.4 is 0 Å². The molecule has 0 aliphatic rings. The van der Waals surface area contributed by atoms with Gasteiger partial charge in [-0.15, -0.1) is 11.8 Å². The molecule has 0 spiro atoms. The summed E-state index contributed by atoms with van der Waals surface area (Å²) in [6, 6.07) is 2.11. The maximum absolute atomic E-state index is 11.9. The van der Waals surface area contributed by atoms with Crippen molar-refractivity contribution in [1.29, 1.82) is 5.26 Å². The highest BCUT2D eigenvalue weighted by molar-refractivity contribution is 7.98. The molecule has 0 fully saturated rings. The van der Waals surface area contributed by atoms with Crippen molar-refractivity contribution in [2.24, 2.45) is 0 Å². The van der Waals surface area contributed by atoms with Gasteiger partial charge in [0.25, 0.3) is 0 Å². The fourth-order valence-electron chi connectivity index (χ4n) is 1.75. The summed E-state index contributed by atoms with van der Waals surface area (Å²) in [6.45, 7) is 5.77. The lowest BCUT2D eigenvalue weighted by atomic mass is 10.0. The molecule has 0 N–H and O–H groups in total. The minimum Gasteiger partial charge on any atom is -0.462 e. The normalized spacial score (nSPS) is 9.94. The third kappa shape index (κ3) is 2.65. The predicted molar refractivity (Wildman–Crippen MR) is 70.8 cm³/mol. The SMILES string of the molecule is CCOC(=O)c1c(CC)nc(SC)c(C#N)c1C. The zero-order valence-corrected chi connectivity index (χ0v) is 11.8. The topological polar surface area (TPSA) is 63.0 Å². The van der Waals surface area contributed by atoms with Crippen LogP contribution in [0.15, 0.2) is 5.03 Å². The fraction of sp³-hybridized carbons (Fsp3) is 0.462. The zero-order chi connectivity index (χ0) is 13.7. The first-order valence-corrected chi connectivity index (χ1v) is 6.97. The number of carbonyl (C=O) groups excluding carboxylic acids is 1. The van der Waals surface area contributed by atoms with Gasteiger partial charge >= 0.3 is 5.97 Å². The van der Waals surface area contributed by atoms with E-state index < -0.39 is 5.97 Å². The number of rotatable bonds is 4. The largest absolute Gasteiger partial charge is 0.462 e. The number of ether oxygens (including phenoxy) is 1. The van der Waals surface area contributed by atoms with Crippen LogP contribution in [0.3, 0.4) is 0 Å². The summed E-state index contributed by atoms with van der Waals surface area (Å²) in [4.78, 5) is 16.3. The van der Waals surface area contributed by atoms with Crippen molar-refractivity contribution < 1.29 is 9.53 Å². The molecule has 5 heteroatoms. The first-order chi connectivity index (χ1) is 8.60. The molecule has 0 aliphatic carbocycles. The van der Waals surface area contributed by atoms with Crippen molar-refractivity contribution in [3.8, 4) is 6.07 Å². The van der Waals surface area contributed by atoms with Crippen LogP contribution in [-0.4, -0.2) is 23.8 Å². The number of aromatic nitrogens is 1.